The SMILES string of the molecule is Cc1ccc(F)c(C(CN)Nc2ccc(Br)c(Cl)c2)c1. The van der Waals surface area contributed by atoms with Gasteiger partial charge in [0.05, 0.1) is 11.1 Å². The third kappa shape index (κ3) is 3.51. The topological polar surface area (TPSA) is 38.0 Å². The van der Waals surface area contributed by atoms with E-state index in [9.17, 15) is 4.39 Å². The van der Waals surface area contributed by atoms with Crippen LogP contribution < -0.4 is 11.1 Å². The van der Waals surface area contributed by atoms with Crippen LogP contribution in [0.4, 0.5) is 10.1 Å². The zero-order valence-electron chi connectivity index (χ0n) is 11.0. The summed E-state index contributed by atoms with van der Waals surface area (Å²) in [5, 5.41) is 3.80. The summed E-state index contributed by atoms with van der Waals surface area (Å²) in [6.45, 7) is 2.21. The zero-order valence-corrected chi connectivity index (χ0v) is 13.3. The van der Waals surface area contributed by atoms with Crippen molar-refractivity contribution in [1.82, 2.24) is 0 Å². The Morgan fingerprint density at radius 2 is 2.05 bits per heavy atom. The molecule has 0 amide bonds. The summed E-state index contributed by atoms with van der Waals surface area (Å²) in [4.78, 5) is 0. The Morgan fingerprint density at radius 3 is 2.70 bits per heavy atom. The van der Waals surface area contributed by atoms with Gasteiger partial charge >= 0.3 is 0 Å². The third-order valence-electron chi connectivity index (χ3n) is 3.02. The molecule has 2 aromatic rings. The van der Waals surface area contributed by atoms with Crippen molar-refractivity contribution in [3.63, 3.8) is 0 Å². The Hall–Kier alpha value is -1.10. The molecule has 20 heavy (non-hydrogen) atoms. The molecule has 0 fully saturated rings. The van der Waals surface area contributed by atoms with Crippen molar-refractivity contribution in [3.8, 4) is 0 Å². The molecule has 2 nitrogen and oxygen atoms in total. The summed E-state index contributed by atoms with van der Waals surface area (Å²) in [7, 11) is 0. The van der Waals surface area contributed by atoms with Crippen LogP contribution in [-0.2, 0) is 0 Å². The van der Waals surface area contributed by atoms with Gasteiger partial charge in [-0.05, 0) is 47.1 Å². The minimum absolute atomic E-state index is 0.262. The molecule has 0 aliphatic rings. The van der Waals surface area contributed by atoms with Crippen LogP contribution in [0, 0.1) is 12.7 Å². The summed E-state index contributed by atoms with van der Waals surface area (Å²) in [5.41, 5.74) is 8.13. The molecule has 0 heterocycles. The fraction of sp³-hybridized carbons (Fsp3) is 0.200. The molecule has 1 atom stereocenters. The standard InChI is InChI=1S/C15H15BrClFN2/c1-9-2-5-14(18)11(6-9)15(8-19)20-10-3-4-12(16)13(17)7-10/h2-7,15,20H,8,19H2,1H3. The van der Waals surface area contributed by atoms with Crippen LogP contribution in [0.25, 0.3) is 0 Å². The van der Waals surface area contributed by atoms with E-state index >= 15 is 0 Å². The molecule has 0 bridgehead atoms. The average Bonchev–Trinajstić information content (AvgIpc) is 2.43. The van der Waals surface area contributed by atoms with Gasteiger partial charge in [0, 0.05) is 22.3 Å². The van der Waals surface area contributed by atoms with Gasteiger partial charge in [0.2, 0.25) is 0 Å². The molecule has 0 saturated carbocycles. The van der Waals surface area contributed by atoms with Gasteiger partial charge in [0.15, 0.2) is 0 Å². The van der Waals surface area contributed by atoms with Crippen LogP contribution in [0.15, 0.2) is 40.9 Å². The molecule has 0 radical (unpaired) electrons. The highest BCUT2D eigenvalue weighted by Crippen LogP contribution is 2.28. The van der Waals surface area contributed by atoms with Crippen LogP contribution in [0.5, 0.6) is 0 Å². The van der Waals surface area contributed by atoms with Gasteiger partial charge in [-0.1, -0.05) is 29.3 Å². The summed E-state index contributed by atoms with van der Waals surface area (Å²) in [6.07, 6.45) is 0. The molecule has 106 valence electrons. The molecule has 0 aromatic heterocycles. The van der Waals surface area contributed by atoms with Crippen LogP contribution >= 0.6 is 27.5 Å². The van der Waals surface area contributed by atoms with Gasteiger partial charge in [-0.3, -0.25) is 0 Å². The molecule has 0 saturated heterocycles. The maximum absolute atomic E-state index is 13.9. The van der Waals surface area contributed by atoms with Crippen molar-refractivity contribution in [2.75, 3.05) is 11.9 Å². The predicted octanol–water partition coefficient (Wildman–Crippen LogP) is 4.66. The number of hydrogen-bond donors (Lipinski definition) is 2. The number of halogens is 3. The van der Waals surface area contributed by atoms with Crippen molar-refractivity contribution in [1.29, 1.82) is 0 Å². The van der Waals surface area contributed by atoms with E-state index in [1.165, 1.54) is 6.07 Å². The first-order valence-corrected chi connectivity index (χ1v) is 7.36. The lowest BCUT2D eigenvalue weighted by atomic mass is 10.0. The van der Waals surface area contributed by atoms with E-state index in [1.54, 1.807) is 18.2 Å². The van der Waals surface area contributed by atoms with E-state index in [4.69, 9.17) is 17.3 Å². The Balaban J connectivity index is 2.28. The summed E-state index contributed by atoms with van der Waals surface area (Å²) < 4.78 is 14.7. The fourth-order valence-electron chi connectivity index (χ4n) is 1.98. The summed E-state index contributed by atoms with van der Waals surface area (Å²) in [6, 6.07) is 10.2. The first-order valence-electron chi connectivity index (χ1n) is 6.19. The van der Waals surface area contributed by atoms with E-state index < -0.39 is 0 Å². The van der Waals surface area contributed by atoms with E-state index in [0.29, 0.717) is 10.6 Å². The van der Waals surface area contributed by atoms with E-state index in [-0.39, 0.29) is 18.4 Å². The van der Waals surface area contributed by atoms with Crippen molar-refractivity contribution in [3.05, 3.63) is 62.8 Å². The lowest BCUT2D eigenvalue weighted by Crippen LogP contribution is -2.21. The Labute approximate surface area is 131 Å². The van der Waals surface area contributed by atoms with Crippen LogP contribution in [-0.4, -0.2) is 6.54 Å². The normalized spacial score (nSPS) is 12.2. The second kappa shape index (κ2) is 6.57. The molecular weight excluding hydrogens is 343 g/mol. The fourth-order valence-corrected chi connectivity index (χ4v) is 2.41. The number of anilines is 1. The summed E-state index contributed by atoms with van der Waals surface area (Å²) in [5.74, 6) is -0.262. The van der Waals surface area contributed by atoms with Crippen LogP contribution in [0.2, 0.25) is 5.02 Å². The molecule has 2 rings (SSSR count). The molecule has 5 heteroatoms. The molecule has 0 aliphatic heterocycles. The van der Waals surface area contributed by atoms with Gasteiger partial charge in [-0.15, -0.1) is 0 Å². The molecule has 1 unspecified atom stereocenters. The largest absolute Gasteiger partial charge is 0.377 e. The van der Waals surface area contributed by atoms with Crippen LogP contribution in [0.1, 0.15) is 17.2 Å². The first-order chi connectivity index (χ1) is 9.51. The number of rotatable bonds is 4. The van der Waals surface area contributed by atoms with Gasteiger partial charge in [-0.2, -0.15) is 0 Å². The third-order valence-corrected chi connectivity index (χ3v) is 4.26. The van der Waals surface area contributed by atoms with Crippen molar-refractivity contribution >= 4 is 33.2 Å². The van der Waals surface area contributed by atoms with E-state index in [0.717, 1.165) is 15.7 Å². The number of nitrogens with two attached hydrogens (primary N) is 1. The average molecular weight is 358 g/mol. The zero-order chi connectivity index (χ0) is 14.7. The van der Waals surface area contributed by atoms with E-state index in [1.807, 2.05) is 19.1 Å². The lowest BCUT2D eigenvalue weighted by molar-refractivity contribution is 0.593. The number of hydrogen-bond acceptors (Lipinski definition) is 2. The highest BCUT2D eigenvalue weighted by molar-refractivity contribution is 9.10. The minimum atomic E-state index is -0.299. The van der Waals surface area contributed by atoms with Crippen molar-refractivity contribution in [2.45, 2.75) is 13.0 Å². The maximum atomic E-state index is 13.9. The molecule has 0 aliphatic carbocycles. The molecule has 3 N–H and O–H groups in total. The predicted molar refractivity (Wildman–Crippen MR) is 85.7 cm³/mol. The smallest absolute Gasteiger partial charge is 0.128 e. The van der Waals surface area contributed by atoms with Gasteiger partial charge in [0.25, 0.3) is 0 Å². The number of benzene rings is 2. The maximum Gasteiger partial charge on any atom is 0.128 e. The number of nitrogens with one attached hydrogen (secondary N) is 1. The lowest BCUT2D eigenvalue weighted by Gasteiger charge is -2.20. The monoisotopic (exact) mass is 356 g/mol. The van der Waals surface area contributed by atoms with Crippen molar-refractivity contribution < 1.29 is 4.39 Å². The van der Waals surface area contributed by atoms with Gasteiger partial charge in [-0.25, -0.2) is 4.39 Å². The van der Waals surface area contributed by atoms with Gasteiger partial charge in [0.1, 0.15) is 5.82 Å². The minimum Gasteiger partial charge on any atom is -0.377 e. The Bertz CT molecular complexity index is 619. The number of aryl methyl sites for hydroxylation is 1. The Morgan fingerprint density at radius 1 is 1.30 bits per heavy atom. The summed E-state index contributed by atoms with van der Waals surface area (Å²) >= 11 is 9.39. The second-order valence-electron chi connectivity index (χ2n) is 4.59. The highest BCUT2D eigenvalue weighted by Gasteiger charge is 2.14. The molecule has 0 spiro atoms. The quantitative estimate of drug-likeness (QED) is 0.835. The molecular formula is C15H15BrClFN2. The first kappa shape index (κ1) is 15.3. The molecule has 2 aromatic carbocycles. The van der Waals surface area contributed by atoms with Crippen molar-refractivity contribution in [2.24, 2.45) is 5.73 Å². The highest BCUT2D eigenvalue weighted by atomic mass is 79.9. The van der Waals surface area contributed by atoms with Crippen LogP contribution in [0.3, 0.4) is 0 Å². The van der Waals surface area contributed by atoms with E-state index in [2.05, 4.69) is 21.2 Å². The second-order valence-corrected chi connectivity index (χ2v) is 5.85. The van der Waals surface area contributed by atoms with Gasteiger partial charge < -0.3 is 11.1 Å². The Kier molecular flexibility index (Phi) is 5.02.